The van der Waals surface area contributed by atoms with Crippen molar-refractivity contribution in [2.75, 3.05) is 26.7 Å². The van der Waals surface area contributed by atoms with E-state index in [2.05, 4.69) is 22.1 Å². The van der Waals surface area contributed by atoms with Crippen molar-refractivity contribution in [3.63, 3.8) is 0 Å². The quantitative estimate of drug-likeness (QED) is 0.861. The van der Waals surface area contributed by atoms with Gasteiger partial charge in [-0.3, -0.25) is 0 Å². The second kappa shape index (κ2) is 6.71. The van der Waals surface area contributed by atoms with Crippen LogP contribution in [0.1, 0.15) is 25.5 Å². The largest absolute Gasteiger partial charge is 0.481 e. The molecule has 0 unspecified atom stereocenters. The van der Waals surface area contributed by atoms with Crippen molar-refractivity contribution >= 4 is 0 Å². The molecular weight excluding hydrogens is 226 g/mol. The smallest absolute Gasteiger partial charge is 0.213 e. The number of pyridine rings is 1. The number of ether oxygens (including phenoxy) is 1. The molecule has 1 saturated heterocycles. The van der Waals surface area contributed by atoms with Crippen molar-refractivity contribution in [1.82, 2.24) is 15.2 Å². The Labute approximate surface area is 109 Å². The van der Waals surface area contributed by atoms with Gasteiger partial charge in [-0.15, -0.1) is 0 Å². The van der Waals surface area contributed by atoms with Gasteiger partial charge < -0.3 is 15.0 Å². The lowest BCUT2D eigenvalue weighted by Crippen LogP contribution is -2.42. The van der Waals surface area contributed by atoms with E-state index in [4.69, 9.17) is 4.74 Å². The van der Waals surface area contributed by atoms with E-state index in [9.17, 15) is 0 Å². The number of nitrogens with zero attached hydrogens (tertiary/aromatic N) is 2. The number of hydrogen-bond acceptors (Lipinski definition) is 4. The van der Waals surface area contributed by atoms with E-state index in [1.807, 2.05) is 18.2 Å². The molecule has 1 N–H and O–H groups in total. The number of nitrogens with one attached hydrogen (secondary N) is 1. The molecule has 2 rings (SSSR count). The topological polar surface area (TPSA) is 37.4 Å². The Balaban J connectivity index is 1.77. The average Bonchev–Trinajstić information content (AvgIpc) is 2.46. The van der Waals surface area contributed by atoms with Gasteiger partial charge in [0.1, 0.15) is 0 Å². The Hall–Kier alpha value is -1.13. The van der Waals surface area contributed by atoms with Crippen LogP contribution in [0.2, 0.25) is 0 Å². The molecule has 0 saturated carbocycles. The molecule has 0 spiro atoms. The third-order valence-electron chi connectivity index (χ3n) is 3.60. The van der Waals surface area contributed by atoms with Crippen LogP contribution in [0.25, 0.3) is 0 Å². The summed E-state index contributed by atoms with van der Waals surface area (Å²) in [6.07, 6.45) is 2.47. The molecule has 4 nitrogen and oxygen atoms in total. The van der Waals surface area contributed by atoms with Gasteiger partial charge >= 0.3 is 0 Å². The van der Waals surface area contributed by atoms with Crippen LogP contribution in [0.5, 0.6) is 5.88 Å². The molecule has 18 heavy (non-hydrogen) atoms. The van der Waals surface area contributed by atoms with Crippen LogP contribution in [-0.4, -0.2) is 42.7 Å². The van der Waals surface area contributed by atoms with E-state index in [1.165, 1.54) is 32.5 Å². The fraction of sp³-hybridized carbons (Fsp3) is 0.643. The number of hydrogen-bond donors (Lipinski definition) is 1. The van der Waals surface area contributed by atoms with Gasteiger partial charge in [-0.2, -0.15) is 0 Å². The molecule has 4 heteroatoms. The number of piperidine rings is 1. The molecule has 1 aliphatic heterocycles. The summed E-state index contributed by atoms with van der Waals surface area (Å²) in [7, 11) is 1.65. The van der Waals surface area contributed by atoms with Gasteiger partial charge in [0.2, 0.25) is 5.88 Å². The first-order valence-corrected chi connectivity index (χ1v) is 6.77. The zero-order valence-electron chi connectivity index (χ0n) is 11.4. The van der Waals surface area contributed by atoms with E-state index < -0.39 is 0 Å². The van der Waals surface area contributed by atoms with Crippen LogP contribution >= 0.6 is 0 Å². The molecule has 1 aromatic rings. The van der Waals surface area contributed by atoms with Gasteiger partial charge in [0.25, 0.3) is 0 Å². The van der Waals surface area contributed by atoms with Crippen molar-refractivity contribution < 1.29 is 4.74 Å². The second-order valence-electron chi connectivity index (χ2n) is 4.76. The van der Waals surface area contributed by atoms with Gasteiger partial charge in [0.15, 0.2) is 0 Å². The number of rotatable bonds is 5. The lowest BCUT2D eigenvalue weighted by atomic mass is 10.1. The number of likely N-dealkylation sites (tertiary alicyclic amines) is 1. The van der Waals surface area contributed by atoms with Crippen molar-refractivity contribution in [2.24, 2.45) is 0 Å². The monoisotopic (exact) mass is 249 g/mol. The summed E-state index contributed by atoms with van der Waals surface area (Å²) >= 11 is 0. The highest BCUT2D eigenvalue weighted by Gasteiger charge is 2.17. The number of methoxy groups -OCH3 is 1. The molecule has 0 aliphatic carbocycles. The van der Waals surface area contributed by atoms with Crippen molar-refractivity contribution in [2.45, 2.75) is 32.4 Å². The Morgan fingerprint density at radius 3 is 2.83 bits per heavy atom. The van der Waals surface area contributed by atoms with Crippen LogP contribution in [-0.2, 0) is 6.54 Å². The van der Waals surface area contributed by atoms with Crippen molar-refractivity contribution in [1.29, 1.82) is 0 Å². The summed E-state index contributed by atoms with van der Waals surface area (Å²) in [4.78, 5) is 6.91. The van der Waals surface area contributed by atoms with Crippen molar-refractivity contribution in [3.8, 4) is 5.88 Å². The molecule has 1 aromatic heterocycles. The van der Waals surface area contributed by atoms with Crippen LogP contribution in [0.15, 0.2) is 18.2 Å². The first-order chi connectivity index (χ1) is 8.81. The second-order valence-corrected chi connectivity index (χ2v) is 4.76. The summed E-state index contributed by atoms with van der Waals surface area (Å²) in [5, 5.41) is 3.59. The van der Waals surface area contributed by atoms with E-state index >= 15 is 0 Å². The maximum atomic E-state index is 5.13. The standard InChI is InChI=1S/C14H23N3O/c1-3-17-9-7-12(8-10-17)15-11-13-5-4-6-14(16-13)18-2/h4-6,12,15H,3,7-11H2,1-2H3. The Morgan fingerprint density at radius 2 is 2.17 bits per heavy atom. The normalized spacial score (nSPS) is 17.9. The zero-order chi connectivity index (χ0) is 12.8. The molecule has 1 fully saturated rings. The first kappa shape index (κ1) is 13.3. The molecule has 2 heterocycles. The molecule has 0 radical (unpaired) electrons. The third-order valence-corrected chi connectivity index (χ3v) is 3.60. The minimum atomic E-state index is 0.626. The fourth-order valence-corrected chi connectivity index (χ4v) is 2.37. The van der Waals surface area contributed by atoms with E-state index in [0.29, 0.717) is 11.9 Å². The van der Waals surface area contributed by atoms with E-state index in [1.54, 1.807) is 7.11 Å². The maximum absolute atomic E-state index is 5.13. The summed E-state index contributed by atoms with van der Waals surface area (Å²) in [5.41, 5.74) is 1.05. The molecule has 1 aliphatic rings. The third kappa shape index (κ3) is 3.68. The molecule has 0 amide bonds. The van der Waals surface area contributed by atoms with Crippen LogP contribution < -0.4 is 10.1 Å². The van der Waals surface area contributed by atoms with Gasteiger partial charge in [0.05, 0.1) is 12.8 Å². The van der Waals surface area contributed by atoms with Gasteiger partial charge in [0, 0.05) is 18.7 Å². The Morgan fingerprint density at radius 1 is 1.39 bits per heavy atom. The van der Waals surface area contributed by atoms with E-state index in [0.717, 1.165) is 12.2 Å². The predicted molar refractivity (Wildman–Crippen MR) is 72.8 cm³/mol. The molecule has 100 valence electrons. The van der Waals surface area contributed by atoms with Crippen LogP contribution in [0.3, 0.4) is 0 Å². The highest BCUT2D eigenvalue weighted by Crippen LogP contribution is 2.11. The van der Waals surface area contributed by atoms with Gasteiger partial charge in [-0.1, -0.05) is 13.0 Å². The predicted octanol–water partition coefficient (Wildman–Crippen LogP) is 1.66. The summed E-state index contributed by atoms with van der Waals surface area (Å²) in [6, 6.07) is 6.53. The SMILES string of the molecule is CCN1CCC(NCc2cccc(OC)n2)CC1. The summed E-state index contributed by atoms with van der Waals surface area (Å²) in [5.74, 6) is 0.690. The van der Waals surface area contributed by atoms with E-state index in [-0.39, 0.29) is 0 Å². The lowest BCUT2D eigenvalue weighted by Gasteiger charge is -2.31. The molecule has 0 atom stereocenters. The summed E-state index contributed by atoms with van der Waals surface area (Å²) in [6.45, 7) is 6.64. The highest BCUT2D eigenvalue weighted by atomic mass is 16.5. The molecule has 0 bridgehead atoms. The van der Waals surface area contributed by atoms with Crippen molar-refractivity contribution in [3.05, 3.63) is 23.9 Å². The first-order valence-electron chi connectivity index (χ1n) is 6.77. The zero-order valence-corrected chi connectivity index (χ0v) is 11.4. The lowest BCUT2D eigenvalue weighted by molar-refractivity contribution is 0.205. The molecular formula is C14H23N3O. The Bertz CT molecular complexity index is 362. The summed E-state index contributed by atoms with van der Waals surface area (Å²) < 4.78 is 5.13. The van der Waals surface area contributed by atoms with Gasteiger partial charge in [-0.25, -0.2) is 4.98 Å². The maximum Gasteiger partial charge on any atom is 0.213 e. The Kier molecular flexibility index (Phi) is 4.96. The van der Waals surface area contributed by atoms with Crippen LogP contribution in [0.4, 0.5) is 0 Å². The minimum Gasteiger partial charge on any atom is -0.481 e. The minimum absolute atomic E-state index is 0.626. The average molecular weight is 249 g/mol. The highest BCUT2D eigenvalue weighted by molar-refractivity contribution is 5.15. The number of aromatic nitrogens is 1. The van der Waals surface area contributed by atoms with Crippen LogP contribution in [0, 0.1) is 0 Å². The van der Waals surface area contributed by atoms with Gasteiger partial charge in [-0.05, 0) is 38.5 Å². The molecule has 0 aromatic carbocycles. The fourth-order valence-electron chi connectivity index (χ4n) is 2.37.